The summed E-state index contributed by atoms with van der Waals surface area (Å²) >= 11 is 7.51. The number of benzene rings is 1. The summed E-state index contributed by atoms with van der Waals surface area (Å²) in [4.78, 5) is 14.5. The number of rotatable bonds is 4. The standard InChI is InChI=1S/C18H19ClN2OS/c1-2-15(12-7-9-14(19)10-8-12)20-21-18(22)17-11-13-5-3-4-6-16(13)23-17/h7-11H,2-6H2,1H3,(H,21,22)/b20-15-. The number of nitrogens with zero attached hydrogens (tertiary/aromatic N) is 1. The number of aryl methyl sites for hydroxylation is 2. The molecule has 0 aliphatic heterocycles. The fourth-order valence-corrected chi connectivity index (χ4v) is 4.04. The second-order valence-corrected chi connectivity index (χ2v) is 7.20. The van der Waals surface area contributed by atoms with Gasteiger partial charge >= 0.3 is 0 Å². The normalized spacial score (nSPS) is 14.4. The molecule has 0 atom stereocenters. The molecule has 1 heterocycles. The fourth-order valence-electron chi connectivity index (χ4n) is 2.77. The van der Waals surface area contributed by atoms with E-state index in [1.807, 2.05) is 37.3 Å². The number of fused-ring (bicyclic) bond motifs is 1. The van der Waals surface area contributed by atoms with Crippen molar-refractivity contribution in [3.8, 4) is 0 Å². The molecule has 0 fully saturated rings. The number of hydrazone groups is 1. The second-order valence-electron chi connectivity index (χ2n) is 5.63. The van der Waals surface area contributed by atoms with Gasteiger partial charge in [-0.2, -0.15) is 5.10 Å². The maximum Gasteiger partial charge on any atom is 0.281 e. The minimum atomic E-state index is -0.121. The van der Waals surface area contributed by atoms with Crippen LogP contribution in [0, 0.1) is 0 Å². The van der Waals surface area contributed by atoms with Crippen molar-refractivity contribution < 1.29 is 4.79 Å². The van der Waals surface area contributed by atoms with E-state index in [0.717, 1.165) is 35.4 Å². The summed E-state index contributed by atoms with van der Waals surface area (Å²) in [6.45, 7) is 2.02. The van der Waals surface area contributed by atoms with Gasteiger partial charge in [0, 0.05) is 9.90 Å². The van der Waals surface area contributed by atoms with Gasteiger partial charge in [-0.05, 0) is 61.4 Å². The minimum absolute atomic E-state index is 0.121. The Bertz CT molecular complexity index is 710. The quantitative estimate of drug-likeness (QED) is 0.625. The summed E-state index contributed by atoms with van der Waals surface area (Å²) < 4.78 is 0. The molecule has 0 spiro atoms. The van der Waals surface area contributed by atoms with Crippen LogP contribution in [0.2, 0.25) is 5.02 Å². The van der Waals surface area contributed by atoms with Crippen molar-refractivity contribution in [2.75, 3.05) is 0 Å². The van der Waals surface area contributed by atoms with Crippen LogP contribution in [0.1, 0.15) is 51.9 Å². The molecule has 1 aliphatic carbocycles. The molecule has 0 radical (unpaired) electrons. The zero-order valence-corrected chi connectivity index (χ0v) is 14.6. The number of amides is 1. The molecule has 0 unspecified atom stereocenters. The smallest absolute Gasteiger partial charge is 0.266 e. The SMILES string of the molecule is CC/C(=N/NC(=O)c1cc2c(s1)CCCC2)c1ccc(Cl)cc1. The number of hydrogen-bond acceptors (Lipinski definition) is 3. The van der Waals surface area contributed by atoms with E-state index in [1.165, 1.54) is 23.3 Å². The van der Waals surface area contributed by atoms with Crippen LogP contribution in [0.4, 0.5) is 0 Å². The Morgan fingerprint density at radius 2 is 2.00 bits per heavy atom. The summed E-state index contributed by atoms with van der Waals surface area (Å²) in [5, 5.41) is 5.00. The van der Waals surface area contributed by atoms with Gasteiger partial charge < -0.3 is 0 Å². The first-order chi connectivity index (χ1) is 11.2. The van der Waals surface area contributed by atoms with Gasteiger partial charge in [-0.1, -0.05) is 30.7 Å². The fraction of sp³-hybridized carbons (Fsp3) is 0.333. The van der Waals surface area contributed by atoms with E-state index in [0.29, 0.717) is 5.02 Å². The predicted octanol–water partition coefficient (Wildman–Crippen LogP) is 4.82. The summed E-state index contributed by atoms with van der Waals surface area (Å²) in [5.74, 6) is -0.121. The predicted molar refractivity (Wildman–Crippen MR) is 96.7 cm³/mol. The molecule has 1 amide bonds. The van der Waals surface area contributed by atoms with Gasteiger partial charge in [-0.3, -0.25) is 4.79 Å². The molecular formula is C18H19ClN2OS. The number of hydrogen-bond donors (Lipinski definition) is 1. The molecule has 0 saturated carbocycles. The summed E-state index contributed by atoms with van der Waals surface area (Å²) in [6, 6.07) is 9.52. The van der Waals surface area contributed by atoms with Crippen LogP contribution >= 0.6 is 22.9 Å². The van der Waals surface area contributed by atoms with Crippen LogP contribution in [-0.4, -0.2) is 11.6 Å². The monoisotopic (exact) mass is 346 g/mol. The molecule has 3 rings (SSSR count). The van der Waals surface area contributed by atoms with E-state index >= 15 is 0 Å². The molecule has 2 aromatic rings. The third kappa shape index (κ3) is 3.82. The molecule has 1 aliphatic rings. The van der Waals surface area contributed by atoms with Gasteiger partial charge in [0.1, 0.15) is 0 Å². The number of halogens is 1. The molecule has 0 bridgehead atoms. The van der Waals surface area contributed by atoms with E-state index < -0.39 is 0 Å². The highest BCUT2D eigenvalue weighted by Gasteiger charge is 2.17. The van der Waals surface area contributed by atoms with Crippen molar-refractivity contribution in [1.29, 1.82) is 0 Å². The zero-order chi connectivity index (χ0) is 16.2. The molecular weight excluding hydrogens is 328 g/mol. The molecule has 120 valence electrons. The van der Waals surface area contributed by atoms with Gasteiger partial charge in [-0.15, -0.1) is 11.3 Å². The highest BCUT2D eigenvalue weighted by molar-refractivity contribution is 7.14. The Kier molecular flexibility index (Phi) is 5.13. The van der Waals surface area contributed by atoms with Crippen LogP contribution in [0.15, 0.2) is 35.4 Å². The molecule has 3 nitrogen and oxygen atoms in total. The van der Waals surface area contributed by atoms with Gasteiger partial charge in [0.25, 0.3) is 5.91 Å². The molecule has 1 aromatic heterocycles. The minimum Gasteiger partial charge on any atom is -0.266 e. The van der Waals surface area contributed by atoms with Crippen molar-refractivity contribution in [1.82, 2.24) is 5.43 Å². The van der Waals surface area contributed by atoms with Crippen LogP contribution in [0.5, 0.6) is 0 Å². The maximum absolute atomic E-state index is 12.3. The summed E-state index contributed by atoms with van der Waals surface area (Å²) in [6.07, 6.45) is 5.38. The van der Waals surface area contributed by atoms with Crippen LogP contribution < -0.4 is 5.43 Å². The first-order valence-corrected chi connectivity index (χ1v) is 9.11. The number of thiophene rings is 1. The van der Waals surface area contributed by atoms with E-state index in [4.69, 9.17) is 11.6 Å². The third-order valence-corrected chi connectivity index (χ3v) is 5.51. The van der Waals surface area contributed by atoms with Gasteiger partial charge in [0.15, 0.2) is 0 Å². The van der Waals surface area contributed by atoms with E-state index in [1.54, 1.807) is 11.3 Å². The topological polar surface area (TPSA) is 41.5 Å². The van der Waals surface area contributed by atoms with Crippen molar-refractivity contribution in [2.45, 2.75) is 39.0 Å². The Labute approximate surface area is 145 Å². The first-order valence-electron chi connectivity index (χ1n) is 7.92. The molecule has 23 heavy (non-hydrogen) atoms. The summed E-state index contributed by atoms with van der Waals surface area (Å²) in [5.41, 5.74) is 5.85. The van der Waals surface area contributed by atoms with Crippen molar-refractivity contribution in [3.05, 3.63) is 56.2 Å². The van der Waals surface area contributed by atoms with Crippen LogP contribution in [-0.2, 0) is 12.8 Å². The molecule has 1 aromatic carbocycles. The Morgan fingerprint density at radius 3 is 2.70 bits per heavy atom. The number of carbonyl (C=O) groups is 1. The van der Waals surface area contributed by atoms with Crippen molar-refractivity contribution in [2.24, 2.45) is 5.10 Å². The lowest BCUT2D eigenvalue weighted by atomic mass is 9.99. The highest BCUT2D eigenvalue weighted by atomic mass is 35.5. The largest absolute Gasteiger partial charge is 0.281 e. The Balaban J connectivity index is 1.73. The number of nitrogens with one attached hydrogen (secondary N) is 1. The van der Waals surface area contributed by atoms with E-state index in [2.05, 4.69) is 10.5 Å². The van der Waals surface area contributed by atoms with Crippen molar-refractivity contribution in [3.63, 3.8) is 0 Å². The summed E-state index contributed by atoms with van der Waals surface area (Å²) in [7, 11) is 0. The Morgan fingerprint density at radius 1 is 1.26 bits per heavy atom. The first kappa shape index (κ1) is 16.2. The lowest BCUT2D eigenvalue weighted by Crippen LogP contribution is -2.19. The molecule has 5 heteroatoms. The maximum atomic E-state index is 12.3. The lowest BCUT2D eigenvalue weighted by Gasteiger charge is -2.08. The van der Waals surface area contributed by atoms with Gasteiger partial charge in [-0.25, -0.2) is 5.43 Å². The highest BCUT2D eigenvalue weighted by Crippen LogP contribution is 2.29. The average molecular weight is 347 g/mol. The van der Waals surface area contributed by atoms with Gasteiger partial charge in [0.2, 0.25) is 0 Å². The van der Waals surface area contributed by atoms with Crippen molar-refractivity contribution >= 4 is 34.6 Å². The second kappa shape index (κ2) is 7.28. The van der Waals surface area contributed by atoms with Crippen LogP contribution in [0.3, 0.4) is 0 Å². The Hall–Kier alpha value is -1.65. The van der Waals surface area contributed by atoms with Gasteiger partial charge in [0.05, 0.1) is 10.6 Å². The molecule has 1 N–H and O–H groups in total. The van der Waals surface area contributed by atoms with E-state index in [-0.39, 0.29) is 5.91 Å². The number of carbonyl (C=O) groups excluding carboxylic acids is 1. The average Bonchev–Trinajstić information content (AvgIpc) is 3.01. The lowest BCUT2D eigenvalue weighted by molar-refractivity contribution is 0.0959. The third-order valence-electron chi connectivity index (χ3n) is 4.03. The zero-order valence-electron chi connectivity index (χ0n) is 13.1. The van der Waals surface area contributed by atoms with Crippen LogP contribution in [0.25, 0.3) is 0 Å². The molecule has 0 saturated heterocycles. The van der Waals surface area contributed by atoms with E-state index in [9.17, 15) is 4.79 Å².